The predicted molar refractivity (Wildman–Crippen MR) is 139 cm³/mol. The quantitative estimate of drug-likeness (QED) is 0.336. The SMILES string of the molecule is C=C1CC(=C)C(CCC)(Cc2ccc(Cc3ccc(-c4ccccc4)cc3)cc2)C(=C)C1. The van der Waals surface area contributed by atoms with Crippen LogP contribution >= 0.6 is 0 Å². The molecule has 0 N–H and O–H groups in total. The molecule has 0 heteroatoms. The van der Waals surface area contributed by atoms with Crippen molar-refractivity contribution in [3.8, 4) is 11.1 Å². The minimum atomic E-state index is 0.0186. The molecule has 0 spiro atoms. The summed E-state index contributed by atoms with van der Waals surface area (Å²) in [6.45, 7) is 15.4. The number of benzene rings is 3. The van der Waals surface area contributed by atoms with E-state index in [4.69, 9.17) is 0 Å². The average Bonchev–Trinajstić information content (AvgIpc) is 2.80. The van der Waals surface area contributed by atoms with Crippen molar-refractivity contribution < 1.29 is 0 Å². The molecule has 1 saturated carbocycles. The Morgan fingerprint density at radius 1 is 0.656 bits per heavy atom. The highest BCUT2D eigenvalue weighted by Gasteiger charge is 2.38. The lowest BCUT2D eigenvalue weighted by atomic mass is 9.61. The third-order valence-corrected chi connectivity index (χ3v) is 6.96. The minimum absolute atomic E-state index is 0.0186. The van der Waals surface area contributed by atoms with Gasteiger partial charge in [0.05, 0.1) is 0 Å². The maximum Gasteiger partial charge on any atom is 0.0162 e. The van der Waals surface area contributed by atoms with Crippen LogP contribution in [0.3, 0.4) is 0 Å². The van der Waals surface area contributed by atoms with Gasteiger partial charge in [0.1, 0.15) is 0 Å². The highest BCUT2D eigenvalue weighted by Crippen LogP contribution is 2.50. The van der Waals surface area contributed by atoms with Crippen molar-refractivity contribution in [3.63, 3.8) is 0 Å². The molecule has 0 heterocycles. The number of hydrogen-bond donors (Lipinski definition) is 0. The fraction of sp³-hybridized carbons (Fsp3) is 0.250. The molecule has 32 heavy (non-hydrogen) atoms. The Labute approximate surface area is 194 Å². The zero-order valence-electron chi connectivity index (χ0n) is 19.4. The Balaban J connectivity index is 1.46. The lowest BCUT2D eigenvalue weighted by Gasteiger charge is -2.42. The molecule has 4 rings (SSSR count). The fourth-order valence-corrected chi connectivity index (χ4v) is 5.18. The van der Waals surface area contributed by atoms with Gasteiger partial charge in [-0.05, 0) is 59.9 Å². The molecule has 1 aliphatic carbocycles. The van der Waals surface area contributed by atoms with Crippen LogP contribution in [0.25, 0.3) is 11.1 Å². The van der Waals surface area contributed by atoms with Gasteiger partial charge in [0.15, 0.2) is 0 Å². The van der Waals surface area contributed by atoms with Gasteiger partial charge in [-0.3, -0.25) is 0 Å². The molecule has 0 unspecified atom stereocenters. The lowest BCUT2D eigenvalue weighted by molar-refractivity contribution is 0.358. The third-order valence-electron chi connectivity index (χ3n) is 6.96. The first-order valence-corrected chi connectivity index (χ1v) is 11.8. The number of rotatable bonds is 7. The third kappa shape index (κ3) is 4.70. The van der Waals surface area contributed by atoms with E-state index in [0.717, 1.165) is 38.5 Å². The molecule has 0 aromatic heterocycles. The summed E-state index contributed by atoms with van der Waals surface area (Å²) in [7, 11) is 0. The van der Waals surface area contributed by atoms with Crippen LogP contribution in [0.5, 0.6) is 0 Å². The van der Waals surface area contributed by atoms with Crippen molar-refractivity contribution in [1.29, 1.82) is 0 Å². The van der Waals surface area contributed by atoms with Gasteiger partial charge in [-0.15, -0.1) is 0 Å². The van der Waals surface area contributed by atoms with Crippen LogP contribution in [0.15, 0.2) is 115 Å². The van der Waals surface area contributed by atoms with Gasteiger partial charge < -0.3 is 0 Å². The molecule has 0 atom stereocenters. The summed E-state index contributed by atoms with van der Waals surface area (Å²) < 4.78 is 0. The fourth-order valence-electron chi connectivity index (χ4n) is 5.18. The first-order valence-electron chi connectivity index (χ1n) is 11.8. The van der Waals surface area contributed by atoms with Crippen LogP contribution in [0.2, 0.25) is 0 Å². The molecule has 0 nitrogen and oxygen atoms in total. The van der Waals surface area contributed by atoms with E-state index in [9.17, 15) is 0 Å². The van der Waals surface area contributed by atoms with E-state index >= 15 is 0 Å². The predicted octanol–water partition coefficient (Wildman–Crippen LogP) is 8.74. The standard InChI is InChI=1S/C32H34/c1-5-19-32(25(3)20-24(2)21-26(32)4)23-29-13-11-27(12-14-29)22-28-15-17-31(18-16-28)30-9-7-6-8-10-30/h6-18H,2-5,19-23H2,1H3. The van der Waals surface area contributed by atoms with E-state index in [1.54, 1.807) is 0 Å². The molecule has 3 aromatic carbocycles. The molecule has 0 aliphatic heterocycles. The van der Waals surface area contributed by atoms with Crippen LogP contribution in [0, 0.1) is 5.41 Å². The van der Waals surface area contributed by atoms with Gasteiger partial charge in [0, 0.05) is 5.41 Å². The molecule has 162 valence electrons. The Hall–Kier alpha value is -3.12. The van der Waals surface area contributed by atoms with Crippen molar-refractivity contribution in [1.82, 2.24) is 0 Å². The minimum Gasteiger partial charge on any atom is -0.0992 e. The lowest BCUT2D eigenvalue weighted by Crippen LogP contribution is -2.31. The van der Waals surface area contributed by atoms with Gasteiger partial charge in [0.2, 0.25) is 0 Å². The summed E-state index contributed by atoms with van der Waals surface area (Å²) >= 11 is 0. The monoisotopic (exact) mass is 418 g/mol. The first-order chi connectivity index (χ1) is 15.5. The van der Waals surface area contributed by atoms with Crippen LogP contribution < -0.4 is 0 Å². The van der Waals surface area contributed by atoms with Crippen molar-refractivity contribution in [2.45, 2.75) is 45.4 Å². The summed E-state index contributed by atoms with van der Waals surface area (Å²) in [5, 5.41) is 0. The van der Waals surface area contributed by atoms with E-state index in [2.05, 4.69) is 106 Å². The topological polar surface area (TPSA) is 0 Å². The maximum atomic E-state index is 4.46. The smallest absolute Gasteiger partial charge is 0.0162 e. The Morgan fingerprint density at radius 3 is 1.72 bits per heavy atom. The van der Waals surface area contributed by atoms with Gasteiger partial charge in [-0.2, -0.15) is 0 Å². The number of allylic oxidation sites excluding steroid dienone is 3. The zero-order chi connectivity index (χ0) is 22.6. The highest BCUT2D eigenvalue weighted by atomic mass is 14.4. The largest absolute Gasteiger partial charge is 0.0992 e. The summed E-state index contributed by atoms with van der Waals surface area (Å²) in [6.07, 6.45) is 6.09. The molecule has 1 aliphatic rings. The van der Waals surface area contributed by atoms with E-state index in [0.29, 0.717) is 0 Å². The maximum absolute atomic E-state index is 4.46. The number of hydrogen-bond acceptors (Lipinski definition) is 0. The van der Waals surface area contributed by atoms with Crippen molar-refractivity contribution >= 4 is 0 Å². The molecule has 0 bridgehead atoms. The van der Waals surface area contributed by atoms with E-state index < -0.39 is 0 Å². The van der Waals surface area contributed by atoms with E-state index in [1.165, 1.54) is 44.5 Å². The van der Waals surface area contributed by atoms with Crippen molar-refractivity contribution in [2.24, 2.45) is 5.41 Å². The second kappa shape index (κ2) is 9.57. The average molecular weight is 419 g/mol. The second-order valence-corrected chi connectivity index (χ2v) is 9.38. The van der Waals surface area contributed by atoms with Gasteiger partial charge in [-0.1, -0.05) is 129 Å². The van der Waals surface area contributed by atoms with Gasteiger partial charge >= 0.3 is 0 Å². The molecular weight excluding hydrogens is 384 g/mol. The highest BCUT2D eigenvalue weighted by molar-refractivity contribution is 5.63. The Kier molecular flexibility index (Phi) is 6.61. The van der Waals surface area contributed by atoms with Crippen molar-refractivity contribution in [3.05, 3.63) is 132 Å². The normalized spacial score (nSPS) is 15.7. The summed E-state index contributed by atoms with van der Waals surface area (Å²) in [6, 6.07) is 28.7. The summed E-state index contributed by atoms with van der Waals surface area (Å²) in [5.41, 5.74) is 10.4. The Morgan fingerprint density at radius 2 is 1.16 bits per heavy atom. The molecular formula is C32H34. The second-order valence-electron chi connectivity index (χ2n) is 9.38. The Bertz CT molecular complexity index is 1070. The van der Waals surface area contributed by atoms with E-state index in [-0.39, 0.29) is 5.41 Å². The molecule has 0 radical (unpaired) electrons. The van der Waals surface area contributed by atoms with Gasteiger partial charge in [-0.25, -0.2) is 0 Å². The van der Waals surface area contributed by atoms with Crippen LogP contribution in [0.4, 0.5) is 0 Å². The zero-order valence-corrected chi connectivity index (χ0v) is 19.4. The van der Waals surface area contributed by atoms with Gasteiger partial charge in [0.25, 0.3) is 0 Å². The van der Waals surface area contributed by atoms with Crippen LogP contribution in [0.1, 0.15) is 49.3 Å². The van der Waals surface area contributed by atoms with Crippen LogP contribution in [-0.2, 0) is 12.8 Å². The summed E-state index contributed by atoms with van der Waals surface area (Å²) in [4.78, 5) is 0. The summed E-state index contributed by atoms with van der Waals surface area (Å²) in [5.74, 6) is 0. The van der Waals surface area contributed by atoms with Crippen LogP contribution in [-0.4, -0.2) is 0 Å². The first kappa shape index (κ1) is 22.1. The molecule has 0 amide bonds. The van der Waals surface area contributed by atoms with E-state index in [1.807, 2.05) is 0 Å². The van der Waals surface area contributed by atoms with Crippen molar-refractivity contribution in [2.75, 3.05) is 0 Å². The molecule has 3 aromatic rings. The molecule has 1 fully saturated rings. The molecule has 0 saturated heterocycles.